The summed E-state index contributed by atoms with van der Waals surface area (Å²) in [6.45, 7) is 7.29. The number of hydrogen-bond donors (Lipinski definition) is 0. The minimum atomic E-state index is -0.654. The van der Waals surface area contributed by atoms with E-state index in [4.69, 9.17) is 18.9 Å². The average Bonchev–Trinajstić information content (AvgIpc) is 2.41. The van der Waals surface area contributed by atoms with Crippen LogP contribution in [0.2, 0.25) is 0 Å². The second-order valence-corrected chi connectivity index (χ2v) is 5.99. The zero-order chi connectivity index (χ0) is 16.0. The summed E-state index contributed by atoms with van der Waals surface area (Å²) in [5, 5.41) is 0.651. The van der Waals surface area contributed by atoms with Crippen LogP contribution in [-0.2, 0) is 28.5 Å². The standard InChI is InChI=1S/C14H23BrO6/c1-8-9(2)13(20-11(4)17)14(18-6-5-15)21-12(8)7-19-10(3)16/h8-9,12-14H,5-7H2,1-4H3/t8-,9-,12?,13?,14+/m0/s1. The zero-order valence-corrected chi connectivity index (χ0v) is 14.4. The van der Waals surface area contributed by atoms with Crippen LogP contribution in [0.4, 0.5) is 0 Å². The monoisotopic (exact) mass is 366 g/mol. The molecule has 0 radical (unpaired) electrons. The Morgan fingerprint density at radius 1 is 1.14 bits per heavy atom. The summed E-state index contributed by atoms with van der Waals surface area (Å²) in [5.74, 6) is -0.618. The molecule has 0 aliphatic carbocycles. The number of hydrogen-bond acceptors (Lipinski definition) is 6. The average molecular weight is 367 g/mol. The van der Waals surface area contributed by atoms with Gasteiger partial charge in [0.15, 0.2) is 12.4 Å². The molecule has 0 aromatic rings. The molecule has 0 aromatic heterocycles. The number of carbonyl (C=O) groups excluding carboxylic acids is 2. The van der Waals surface area contributed by atoms with Gasteiger partial charge in [0.1, 0.15) is 6.61 Å². The van der Waals surface area contributed by atoms with Crippen LogP contribution in [0.25, 0.3) is 0 Å². The molecule has 1 heterocycles. The molecule has 21 heavy (non-hydrogen) atoms. The minimum absolute atomic E-state index is 0.0310. The number of ether oxygens (including phenoxy) is 4. The van der Waals surface area contributed by atoms with Crippen molar-refractivity contribution in [2.24, 2.45) is 11.8 Å². The summed E-state index contributed by atoms with van der Waals surface area (Å²) >= 11 is 3.28. The van der Waals surface area contributed by atoms with Gasteiger partial charge in [-0.05, 0) is 5.92 Å². The topological polar surface area (TPSA) is 71.1 Å². The van der Waals surface area contributed by atoms with E-state index in [0.717, 1.165) is 0 Å². The van der Waals surface area contributed by atoms with E-state index in [2.05, 4.69) is 15.9 Å². The second-order valence-electron chi connectivity index (χ2n) is 5.20. The number of rotatable bonds is 6. The Morgan fingerprint density at radius 2 is 1.81 bits per heavy atom. The van der Waals surface area contributed by atoms with Crippen molar-refractivity contribution in [2.45, 2.75) is 46.2 Å². The van der Waals surface area contributed by atoms with Gasteiger partial charge in [0.2, 0.25) is 0 Å². The fraction of sp³-hybridized carbons (Fsp3) is 0.857. The number of esters is 2. The van der Waals surface area contributed by atoms with E-state index in [1.165, 1.54) is 13.8 Å². The molecule has 0 bridgehead atoms. The lowest BCUT2D eigenvalue weighted by Gasteiger charge is -2.43. The number of carbonyl (C=O) groups is 2. The van der Waals surface area contributed by atoms with Crippen molar-refractivity contribution in [2.75, 3.05) is 18.5 Å². The predicted molar refractivity (Wildman–Crippen MR) is 78.9 cm³/mol. The van der Waals surface area contributed by atoms with Crippen LogP contribution in [0, 0.1) is 11.8 Å². The molecule has 0 amide bonds. The Labute approximate surface area is 133 Å². The van der Waals surface area contributed by atoms with E-state index in [1.54, 1.807) is 0 Å². The highest BCUT2D eigenvalue weighted by molar-refractivity contribution is 9.09. The Hall–Kier alpha value is -0.660. The molecule has 1 saturated heterocycles. The first-order valence-electron chi connectivity index (χ1n) is 7.00. The molecule has 0 aromatic carbocycles. The first-order chi connectivity index (χ1) is 9.86. The van der Waals surface area contributed by atoms with Crippen LogP contribution in [0.15, 0.2) is 0 Å². The molecule has 0 spiro atoms. The van der Waals surface area contributed by atoms with Crippen LogP contribution in [0.1, 0.15) is 27.7 Å². The Balaban J connectivity index is 2.77. The molecule has 7 heteroatoms. The third-order valence-corrected chi connectivity index (χ3v) is 3.95. The van der Waals surface area contributed by atoms with Crippen molar-refractivity contribution in [1.82, 2.24) is 0 Å². The van der Waals surface area contributed by atoms with Gasteiger partial charge in [0, 0.05) is 25.1 Å². The predicted octanol–water partition coefficient (Wildman–Crippen LogP) is 1.89. The summed E-state index contributed by atoms with van der Waals surface area (Å²) in [5.41, 5.74) is 0. The van der Waals surface area contributed by atoms with Crippen molar-refractivity contribution in [3.8, 4) is 0 Å². The first-order valence-corrected chi connectivity index (χ1v) is 8.12. The Kier molecular flexibility index (Phi) is 7.62. The fourth-order valence-electron chi connectivity index (χ4n) is 2.30. The van der Waals surface area contributed by atoms with Gasteiger partial charge < -0.3 is 18.9 Å². The van der Waals surface area contributed by atoms with Crippen LogP contribution in [0.5, 0.6) is 0 Å². The molecular weight excluding hydrogens is 344 g/mol. The minimum Gasteiger partial charge on any atom is -0.463 e. The summed E-state index contributed by atoms with van der Waals surface area (Å²) in [6, 6.07) is 0. The van der Waals surface area contributed by atoms with Gasteiger partial charge in [-0.3, -0.25) is 9.59 Å². The van der Waals surface area contributed by atoms with Gasteiger partial charge in [-0.15, -0.1) is 0 Å². The van der Waals surface area contributed by atoms with E-state index >= 15 is 0 Å². The molecule has 0 N–H and O–H groups in total. The lowest BCUT2D eigenvalue weighted by Crippen LogP contribution is -2.53. The molecule has 122 valence electrons. The van der Waals surface area contributed by atoms with Crippen LogP contribution in [0.3, 0.4) is 0 Å². The molecule has 5 atom stereocenters. The second kappa shape index (κ2) is 8.70. The molecular formula is C14H23BrO6. The van der Waals surface area contributed by atoms with E-state index < -0.39 is 12.4 Å². The van der Waals surface area contributed by atoms with Crippen molar-refractivity contribution in [1.29, 1.82) is 0 Å². The lowest BCUT2D eigenvalue weighted by molar-refractivity contribution is -0.278. The van der Waals surface area contributed by atoms with Crippen LogP contribution < -0.4 is 0 Å². The highest BCUT2D eigenvalue weighted by Gasteiger charge is 2.44. The lowest BCUT2D eigenvalue weighted by atomic mass is 9.83. The quantitative estimate of drug-likeness (QED) is 0.528. The summed E-state index contributed by atoms with van der Waals surface area (Å²) in [7, 11) is 0. The fourth-order valence-corrected chi connectivity index (χ4v) is 2.49. The Bertz CT molecular complexity index is 359. The SMILES string of the molecule is CC(=O)OCC1O[C@@H](OCCBr)C(OC(C)=O)[C@@H](C)[C@@H]1C. The summed E-state index contributed by atoms with van der Waals surface area (Å²) in [4.78, 5) is 22.2. The molecule has 6 nitrogen and oxygen atoms in total. The van der Waals surface area contributed by atoms with Crippen molar-refractivity contribution in [3.63, 3.8) is 0 Å². The zero-order valence-electron chi connectivity index (χ0n) is 12.8. The normalized spacial score (nSPS) is 32.5. The van der Waals surface area contributed by atoms with Gasteiger partial charge in [-0.25, -0.2) is 0 Å². The Morgan fingerprint density at radius 3 is 2.33 bits per heavy atom. The molecule has 0 saturated carbocycles. The van der Waals surface area contributed by atoms with Gasteiger partial charge in [0.25, 0.3) is 0 Å². The summed E-state index contributed by atoms with van der Waals surface area (Å²) < 4.78 is 21.8. The molecule has 2 unspecified atom stereocenters. The van der Waals surface area contributed by atoms with E-state index in [1.807, 2.05) is 13.8 Å². The van der Waals surface area contributed by atoms with Gasteiger partial charge >= 0.3 is 11.9 Å². The molecule has 1 aliphatic rings. The molecule has 1 aliphatic heterocycles. The van der Waals surface area contributed by atoms with Gasteiger partial charge in [0.05, 0.1) is 12.7 Å². The number of halogens is 1. The highest BCUT2D eigenvalue weighted by atomic mass is 79.9. The third kappa shape index (κ3) is 5.56. The van der Waals surface area contributed by atoms with Crippen molar-refractivity contribution < 1.29 is 28.5 Å². The van der Waals surface area contributed by atoms with Gasteiger partial charge in [-0.2, -0.15) is 0 Å². The van der Waals surface area contributed by atoms with Crippen LogP contribution in [-0.4, -0.2) is 49.0 Å². The maximum atomic E-state index is 11.3. The molecule has 1 rings (SSSR count). The van der Waals surface area contributed by atoms with Crippen LogP contribution >= 0.6 is 15.9 Å². The van der Waals surface area contributed by atoms with Crippen molar-refractivity contribution >= 4 is 27.9 Å². The summed E-state index contributed by atoms with van der Waals surface area (Å²) in [6.07, 6.45) is -1.40. The smallest absolute Gasteiger partial charge is 0.303 e. The molecule has 1 fully saturated rings. The maximum absolute atomic E-state index is 11.3. The van der Waals surface area contributed by atoms with Gasteiger partial charge in [-0.1, -0.05) is 29.8 Å². The number of alkyl halides is 1. The van der Waals surface area contributed by atoms with E-state index in [-0.39, 0.29) is 36.5 Å². The van der Waals surface area contributed by atoms with Crippen molar-refractivity contribution in [3.05, 3.63) is 0 Å². The van der Waals surface area contributed by atoms with E-state index in [0.29, 0.717) is 11.9 Å². The van der Waals surface area contributed by atoms with E-state index in [9.17, 15) is 9.59 Å². The first kappa shape index (κ1) is 18.4. The third-order valence-electron chi connectivity index (χ3n) is 3.62. The highest BCUT2D eigenvalue weighted by Crippen LogP contribution is 2.33. The maximum Gasteiger partial charge on any atom is 0.303 e. The largest absolute Gasteiger partial charge is 0.463 e.